The Bertz CT molecular complexity index is 1180. The monoisotopic (exact) mass is 438 g/mol. The van der Waals surface area contributed by atoms with E-state index >= 15 is 0 Å². The minimum Gasteiger partial charge on any atom is -0.484 e. The zero-order chi connectivity index (χ0) is 21.2. The van der Waals surface area contributed by atoms with Crippen molar-refractivity contribution in [3.63, 3.8) is 0 Å². The van der Waals surface area contributed by atoms with Gasteiger partial charge in [-0.1, -0.05) is 24.9 Å². The summed E-state index contributed by atoms with van der Waals surface area (Å²) >= 11 is 6.08. The number of nitro benzene ring substituents is 1. The largest absolute Gasteiger partial charge is 0.484 e. The molecule has 0 radical (unpaired) electrons. The highest BCUT2D eigenvalue weighted by Crippen LogP contribution is 2.30. The van der Waals surface area contributed by atoms with Crippen molar-refractivity contribution < 1.29 is 18.1 Å². The van der Waals surface area contributed by atoms with Gasteiger partial charge >= 0.3 is 0 Å². The van der Waals surface area contributed by atoms with Crippen LogP contribution in [0.25, 0.3) is 11.0 Å². The molecule has 11 heteroatoms. The number of nitrogens with zero attached hydrogens (tertiary/aromatic N) is 3. The zero-order valence-electron chi connectivity index (χ0n) is 15.5. The topological polar surface area (TPSA) is 130 Å². The second kappa shape index (κ2) is 8.36. The number of fused-ring (bicyclic) bond motifs is 1. The van der Waals surface area contributed by atoms with Gasteiger partial charge in [-0.05, 0) is 30.7 Å². The van der Waals surface area contributed by atoms with Gasteiger partial charge in [-0.2, -0.15) is 0 Å². The SMILES string of the molecule is CCCCn1c(COc2ccc([N+](=O)[O-])cc2Cl)nc2cc(S(N)(=O)=O)ccc21. The van der Waals surface area contributed by atoms with Crippen molar-refractivity contribution in [2.45, 2.75) is 37.8 Å². The maximum atomic E-state index is 11.6. The smallest absolute Gasteiger partial charge is 0.271 e. The third kappa shape index (κ3) is 4.66. The van der Waals surface area contributed by atoms with Crippen LogP contribution in [0.1, 0.15) is 25.6 Å². The van der Waals surface area contributed by atoms with Crippen LogP contribution < -0.4 is 9.88 Å². The molecule has 0 saturated heterocycles. The molecule has 0 aliphatic heterocycles. The number of nitrogens with two attached hydrogens (primary N) is 1. The number of unbranched alkanes of at least 4 members (excludes halogenated alkanes) is 1. The summed E-state index contributed by atoms with van der Waals surface area (Å²) in [6, 6.07) is 8.49. The van der Waals surface area contributed by atoms with Crippen LogP contribution in [-0.4, -0.2) is 22.9 Å². The van der Waals surface area contributed by atoms with Crippen LogP contribution in [0.5, 0.6) is 5.75 Å². The molecule has 3 aromatic rings. The van der Waals surface area contributed by atoms with Gasteiger partial charge in [0, 0.05) is 18.7 Å². The van der Waals surface area contributed by atoms with Crippen molar-refractivity contribution in [1.82, 2.24) is 9.55 Å². The lowest BCUT2D eigenvalue weighted by Crippen LogP contribution is -2.11. The van der Waals surface area contributed by atoms with E-state index in [0.29, 0.717) is 17.9 Å². The van der Waals surface area contributed by atoms with E-state index in [1.165, 1.54) is 30.3 Å². The Labute approximate surface area is 172 Å². The van der Waals surface area contributed by atoms with Crippen molar-refractivity contribution in [3.8, 4) is 5.75 Å². The van der Waals surface area contributed by atoms with Gasteiger partial charge in [-0.25, -0.2) is 18.5 Å². The Morgan fingerprint density at radius 2 is 2.03 bits per heavy atom. The summed E-state index contributed by atoms with van der Waals surface area (Å²) in [5.41, 5.74) is 1.12. The Kier molecular flexibility index (Phi) is 6.06. The molecule has 0 unspecified atom stereocenters. The van der Waals surface area contributed by atoms with E-state index in [4.69, 9.17) is 21.5 Å². The van der Waals surface area contributed by atoms with Gasteiger partial charge in [0.2, 0.25) is 10.0 Å². The number of sulfonamides is 1. The third-order valence-electron chi connectivity index (χ3n) is 4.35. The van der Waals surface area contributed by atoms with Gasteiger partial charge in [-0.15, -0.1) is 0 Å². The van der Waals surface area contributed by atoms with Crippen LogP contribution in [0, 0.1) is 10.1 Å². The second-order valence-corrected chi connectivity index (χ2v) is 8.36. The van der Waals surface area contributed by atoms with E-state index in [9.17, 15) is 18.5 Å². The maximum absolute atomic E-state index is 11.6. The molecule has 0 atom stereocenters. The lowest BCUT2D eigenvalue weighted by molar-refractivity contribution is -0.384. The van der Waals surface area contributed by atoms with E-state index in [1.54, 1.807) is 6.07 Å². The van der Waals surface area contributed by atoms with Gasteiger partial charge in [0.25, 0.3) is 5.69 Å². The molecular weight excluding hydrogens is 420 g/mol. The first-order valence-corrected chi connectivity index (χ1v) is 10.7. The summed E-state index contributed by atoms with van der Waals surface area (Å²) in [6.45, 7) is 2.79. The molecule has 0 aliphatic carbocycles. The van der Waals surface area contributed by atoms with Gasteiger partial charge < -0.3 is 9.30 Å². The van der Waals surface area contributed by atoms with E-state index in [2.05, 4.69) is 11.9 Å². The fraction of sp³-hybridized carbons (Fsp3) is 0.278. The van der Waals surface area contributed by atoms with E-state index in [-0.39, 0.29) is 28.0 Å². The summed E-state index contributed by atoms with van der Waals surface area (Å²) < 4.78 is 30.9. The molecule has 0 amide bonds. The number of non-ortho nitro benzene ring substituents is 1. The number of hydrogen-bond donors (Lipinski definition) is 1. The number of imidazole rings is 1. The van der Waals surface area contributed by atoms with Crippen LogP contribution in [0.15, 0.2) is 41.3 Å². The molecule has 9 nitrogen and oxygen atoms in total. The number of primary sulfonamides is 1. The maximum Gasteiger partial charge on any atom is 0.271 e. The number of hydrogen-bond acceptors (Lipinski definition) is 6. The number of aromatic nitrogens is 2. The van der Waals surface area contributed by atoms with Gasteiger partial charge in [-0.3, -0.25) is 10.1 Å². The van der Waals surface area contributed by atoms with Crippen LogP contribution in [0.4, 0.5) is 5.69 Å². The number of benzene rings is 2. The van der Waals surface area contributed by atoms with Crippen molar-refractivity contribution in [2.75, 3.05) is 0 Å². The Morgan fingerprint density at radius 3 is 2.66 bits per heavy atom. The van der Waals surface area contributed by atoms with Crippen LogP contribution >= 0.6 is 11.6 Å². The molecule has 0 saturated carbocycles. The summed E-state index contributed by atoms with van der Waals surface area (Å²) in [5, 5.41) is 16.2. The summed E-state index contributed by atoms with van der Waals surface area (Å²) in [4.78, 5) is 14.8. The van der Waals surface area contributed by atoms with Crippen LogP contribution in [0.3, 0.4) is 0 Å². The predicted octanol–water partition coefficient (Wildman–Crippen LogP) is 3.62. The molecule has 0 fully saturated rings. The van der Waals surface area contributed by atoms with Crippen LogP contribution in [0.2, 0.25) is 5.02 Å². The highest BCUT2D eigenvalue weighted by Gasteiger charge is 2.16. The Hall–Kier alpha value is -2.69. The molecule has 154 valence electrons. The van der Waals surface area contributed by atoms with E-state index in [1.807, 2.05) is 4.57 Å². The highest BCUT2D eigenvalue weighted by atomic mass is 35.5. The minimum atomic E-state index is -3.84. The third-order valence-corrected chi connectivity index (χ3v) is 5.55. The van der Waals surface area contributed by atoms with Gasteiger partial charge in [0.1, 0.15) is 18.2 Å². The molecule has 29 heavy (non-hydrogen) atoms. The number of nitro groups is 1. The van der Waals surface area contributed by atoms with E-state index in [0.717, 1.165) is 18.4 Å². The molecule has 0 aliphatic rings. The van der Waals surface area contributed by atoms with Crippen molar-refractivity contribution >= 4 is 38.3 Å². The number of aryl methyl sites for hydroxylation is 1. The lowest BCUT2D eigenvalue weighted by atomic mass is 10.3. The standard InChI is InChI=1S/C18H19ClN4O5S/c1-2-3-8-22-16-6-5-13(29(20,26)27)10-15(16)21-18(22)11-28-17-7-4-12(23(24)25)9-14(17)19/h4-7,9-10H,2-3,8,11H2,1H3,(H2,20,26,27). The molecule has 3 rings (SSSR count). The first-order chi connectivity index (χ1) is 13.7. The second-order valence-electron chi connectivity index (χ2n) is 6.39. The lowest BCUT2D eigenvalue weighted by Gasteiger charge is -2.11. The Morgan fingerprint density at radius 1 is 1.28 bits per heavy atom. The average Bonchev–Trinajstić information content (AvgIpc) is 3.01. The number of ether oxygens (including phenoxy) is 1. The first-order valence-electron chi connectivity index (χ1n) is 8.79. The molecule has 1 aromatic heterocycles. The highest BCUT2D eigenvalue weighted by molar-refractivity contribution is 7.89. The zero-order valence-corrected chi connectivity index (χ0v) is 17.1. The van der Waals surface area contributed by atoms with E-state index < -0.39 is 14.9 Å². The fourth-order valence-corrected chi connectivity index (χ4v) is 3.64. The fourth-order valence-electron chi connectivity index (χ4n) is 2.88. The van der Waals surface area contributed by atoms with Crippen molar-refractivity contribution in [3.05, 3.63) is 57.4 Å². The molecule has 2 N–H and O–H groups in total. The summed E-state index contributed by atoms with van der Waals surface area (Å²) in [6.07, 6.45) is 1.86. The molecule has 0 spiro atoms. The average molecular weight is 439 g/mol. The Balaban J connectivity index is 1.94. The minimum absolute atomic E-state index is 0.0176. The summed E-state index contributed by atoms with van der Waals surface area (Å²) in [5.74, 6) is 0.867. The molecule has 0 bridgehead atoms. The normalized spacial score (nSPS) is 11.7. The van der Waals surface area contributed by atoms with Gasteiger partial charge in [0.15, 0.2) is 0 Å². The molecule has 1 heterocycles. The van der Waals surface area contributed by atoms with Crippen molar-refractivity contribution in [2.24, 2.45) is 5.14 Å². The predicted molar refractivity (Wildman–Crippen MR) is 108 cm³/mol. The van der Waals surface area contributed by atoms with Crippen LogP contribution in [-0.2, 0) is 23.2 Å². The van der Waals surface area contributed by atoms with Crippen molar-refractivity contribution in [1.29, 1.82) is 0 Å². The molecule has 2 aromatic carbocycles. The quantitative estimate of drug-likeness (QED) is 0.422. The molecular formula is C18H19ClN4O5S. The summed E-state index contributed by atoms with van der Waals surface area (Å²) in [7, 11) is -3.84. The number of halogens is 1. The first kappa shape index (κ1) is 21.0. The number of rotatable bonds is 8. The van der Waals surface area contributed by atoms with Gasteiger partial charge in [0.05, 0.1) is 25.9 Å².